The molecule has 0 aliphatic heterocycles. The van der Waals surface area contributed by atoms with Gasteiger partial charge in [-0.2, -0.15) is 0 Å². The number of hydrogen-bond donors (Lipinski definition) is 0. The standard InChI is InChI=1S/C42H48N2O2/c1-25-16-28(40(2,3)4)22-36(43-25)35-20-27(26-17-29(41(5,6)7)21-30(18-26)42(8,9)10)19-34(44-35)33-24-39-32(23-38(33)45-11)31-14-12-13-15-37(31)46-39/h12-23,33H,24H2,1-11H3. The van der Waals surface area contributed by atoms with E-state index in [2.05, 4.69) is 130 Å². The monoisotopic (exact) mass is 612 g/mol. The second kappa shape index (κ2) is 11.3. The summed E-state index contributed by atoms with van der Waals surface area (Å²) in [5, 5.41) is 1.11. The van der Waals surface area contributed by atoms with Crippen molar-refractivity contribution >= 4 is 17.0 Å². The Morgan fingerprint density at radius 1 is 0.696 bits per heavy atom. The summed E-state index contributed by atoms with van der Waals surface area (Å²) >= 11 is 0. The van der Waals surface area contributed by atoms with Crippen LogP contribution in [0, 0.1) is 6.92 Å². The van der Waals surface area contributed by atoms with Crippen molar-refractivity contribution in [3.05, 3.63) is 112 Å². The zero-order valence-corrected chi connectivity index (χ0v) is 29.4. The van der Waals surface area contributed by atoms with E-state index in [-0.39, 0.29) is 22.2 Å². The summed E-state index contributed by atoms with van der Waals surface area (Å²) in [5.74, 6) is 1.76. The van der Waals surface area contributed by atoms with Crippen LogP contribution in [0.1, 0.15) is 108 Å². The molecule has 0 bridgehead atoms. The first kappa shape index (κ1) is 31.8. The molecule has 238 valence electrons. The molecule has 1 aliphatic rings. The third kappa shape index (κ3) is 6.15. The second-order valence-corrected chi connectivity index (χ2v) is 16.0. The number of allylic oxidation sites excluding steroid dienone is 1. The van der Waals surface area contributed by atoms with Crippen LogP contribution in [0.5, 0.6) is 0 Å². The van der Waals surface area contributed by atoms with Crippen LogP contribution >= 0.6 is 0 Å². The van der Waals surface area contributed by atoms with E-state index < -0.39 is 0 Å². The molecule has 0 amide bonds. The van der Waals surface area contributed by atoms with Crippen molar-refractivity contribution in [1.29, 1.82) is 0 Å². The van der Waals surface area contributed by atoms with Crippen LogP contribution in [0.2, 0.25) is 0 Å². The highest BCUT2D eigenvalue weighted by atomic mass is 16.5. The summed E-state index contributed by atoms with van der Waals surface area (Å²) in [5.41, 5.74) is 11.9. The number of fused-ring (bicyclic) bond motifs is 3. The molecule has 4 nitrogen and oxygen atoms in total. The Kier molecular flexibility index (Phi) is 7.78. The Hall–Kier alpha value is -4.18. The first-order chi connectivity index (χ1) is 21.5. The molecule has 6 rings (SSSR count). The minimum absolute atomic E-state index is 0.00142. The van der Waals surface area contributed by atoms with E-state index in [1.165, 1.54) is 22.3 Å². The molecule has 0 N–H and O–H groups in total. The van der Waals surface area contributed by atoms with Crippen molar-refractivity contribution in [3.63, 3.8) is 0 Å². The molecular formula is C42H48N2O2. The second-order valence-electron chi connectivity index (χ2n) is 16.0. The molecule has 46 heavy (non-hydrogen) atoms. The zero-order valence-electron chi connectivity index (χ0n) is 29.4. The SMILES string of the molecule is COC1=Cc2c(oc3ccccc23)CC1c1cc(-c2cc(C(C)(C)C)cc(C(C)(C)C)c2)cc(-c2cc(C(C)(C)C)cc(C)n2)n1. The number of nitrogens with zero attached hydrogens (tertiary/aromatic N) is 2. The number of methoxy groups -OCH3 is 1. The Morgan fingerprint density at radius 2 is 1.28 bits per heavy atom. The van der Waals surface area contributed by atoms with Gasteiger partial charge in [0.25, 0.3) is 0 Å². The predicted octanol–water partition coefficient (Wildman–Crippen LogP) is 11.1. The van der Waals surface area contributed by atoms with Crippen molar-refractivity contribution in [1.82, 2.24) is 9.97 Å². The quantitative estimate of drug-likeness (QED) is 0.203. The van der Waals surface area contributed by atoms with Crippen molar-refractivity contribution in [2.24, 2.45) is 0 Å². The number of benzene rings is 2. The molecule has 4 heteroatoms. The van der Waals surface area contributed by atoms with E-state index in [1.807, 2.05) is 12.1 Å². The predicted molar refractivity (Wildman–Crippen MR) is 191 cm³/mol. The van der Waals surface area contributed by atoms with Crippen LogP contribution in [-0.2, 0) is 27.4 Å². The first-order valence-corrected chi connectivity index (χ1v) is 16.5. The lowest BCUT2D eigenvalue weighted by Crippen LogP contribution is -2.17. The smallest absolute Gasteiger partial charge is 0.134 e. The van der Waals surface area contributed by atoms with Gasteiger partial charge in [0.1, 0.15) is 17.1 Å². The van der Waals surface area contributed by atoms with Crippen LogP contribution in [0.15, 0.2) is 76.9 Å². The summed E-state index contributed by atoms with van der Waals surface area (Å²) in [4.78, 5) is 10.4. The number of furan rings is 1. The minimum Gasteiger partial charge on any atom is -0.500 e. The van der Waals surface area contributed by atoms with E-state index >= 15 is 0 Å². The Bertz CT molecular complexity index is 1940. The summed E-state index contributed by atoms with van der Waals surface area (Å²) in [6.45, 7) is 22.5. The average molecular weight is 613 g/mol. The van der Waals surface area contributed by atoms with Gasteiger partial charge in [-0.3, -0.25) is 9.97 Å². The van der Waals surface area contributed by atoms with Gasteiger partial charge in [-0.15, -0.1) is 0 Å². The Balaban J connectivity index is 1.59. The van der Waals surface area contributed by atoms with Gasteiger partial charge in [0.05, 0.1) is 30.1 Å². The van der Waals surface area contributed by atoms with E-state index in [1.54, 1.807) is 7.11 Å². The number of para-hydroxylation sites is 1. The highest BCUT2D eigenvalue weighted by Gasteiger charge is 2.31. The van der Waals surface area contributed by atoms with Gasteiger partial charge in [-0.25, -0.2) is 0 Å². The molecule has 0 spiro atoms. The van der Waals surface area contributed by atoms with Crippen molar-refractivity contribution < 1.29 is 9.15 Å². The number of hydrogen-bond acceptors (Lipinski definition) is 4. The lowest BCUT2D eigenvalue weighted by molar-refractivity contribution is 0.261. The molecular weight excluding hydrogens is 564 g/mol. The molecule has 1 unspecified atom stereocenters. The molecule has 3 heterocycles. The zero-order chi connectivity index (χ0) is 33.2. The van der Waals surface area contributed by atoms with E-state index in [0.717, 1.165) is 56.4 Å². The normalized spacial score (nSPS) is 15.5. The molecule has 0 saturated carbocycles. The maximum absolute atomic E-state index is 6.40. The summed E-state index contributed by atoms with van der Waals surface area (Å²) in [7, 11) is 1.76. The molecule has 2 aromatic carbocycles. The largest absolute Gasteiger partial charge is 0.500 e. The van der Waals surface area contributed by atoms with E-state index in [4.69, 9.17) is 19.1 Å². The molecule has 0 fully saturated rings. The van der Waals surface area contributed by atoms with Gasteiger partial charge < -0.3 is 9.15 Å². The highest BCUT2D eigenvalue weighted by molar-refractivity contribution is 5.89. The lowest BCUT2D eigenvalue weighted by atomic mass is 9.78. The average Bonchev–Trinajstić information content (AvgIpc) is 3.36. The molecule has 1 atom stereocenters. The van der Waals surface area contributed by atoms with E-state index in [0.29, 0.717) is 6.42 Å². The highest BCUT2D eigenvalue weighted by Crippen LogP contribution is 2.42. The third-order valence-electron chi connectivity index (χ3n) is 9.25. The van der Waals surface area contributed by atoms with Crippen molar-refractivity contribution in [3.8, 4) is 22.5 Å². The molecule has 0 saturated heterocycles. The van der Waals surface area contributed by atoms with E-state index in [9.17, 15) is 0 Å². The number of pyridine rings is 2. The maximum atomic E-state index is 6.40. The number of aryl methyl sites for hydroxylation is 1. The van der Waals surface area contributed by atoms with Crippen molar-refractivity contribution in [2.45, 2.75) is 97.8 Å². The Labute approximate surface area is 275 Å². The number of ether oxygens (including phenoxy) is 1. The summed E-state index contributed by atoms with van der Waals surface area (Å²) < 4.78 is 12.5. The van der Waals surface area contributed by atoms with Gasteiger partial charge >= 0.3 is 0 Å². The maximum Gasteiger partial charge on any atom is 0.134 e. The van der Waals surface area contributed by atoms with Crippen LogP contribution in [0.4, 0.5) is 0 Å². The van der Waals surface area contributed by atoms with Gasteiger partial charge in [0.15, 0.2) is 0 Å². The Morgan fingerprint density at radius 3 is 1.91 bits per heavy atom. The lowest BCUT2D eigenvalue weighted by Gasteiger charge is -2.27. The van der Waals surface area contributed by atoms with Crippen LogP contribution in [0.3, 0.4) is 0 Å². The van der Waals surface area contributed by atoms with Crippen molar-refractivity contribution in [2.75, 3.05) is 7.11 Å². The molecule has 1 aliphatic carbocycles. The molecule has 0 radical (unpaired) electrons. The number of rotatable bonds is 4. The van der Waals surface area contributed by atoms with Gasteiger partial charge in [0.2, 0.25) is 0 Å². The van der Waals surface area contributed by atoms with Gasteiger partial charge in [0, 0.05) is 23.1 Å². The van der Waals surface area contributed by atoms with Gasteiger partial charge in [-0.05, 0) is 87.4 Å². The van der Waals surface area contributed by atoms with Crippen LogP contribution in [-0.4, -0.2) is 17.1 Å². The first-order valence-electron chi connectivity index (χ1n) is 16.5. The molecule has 5 aromatic rings. The minimum atomic E-state index is -0.100. The number of aromatic nitrogens is 2. The fraction of sp³-hybridized carbons (Fsp3) is 0.381. The molecule has 3 aromatic heterocycles. The third-order valence-corrected chi connectivity index (χ3v) is 9.25. The fourth-order valence-corrected chi connectivity index (χ4v) is 6.33. The van der Waals surface area contributed by atoms with Crippen LogP contribution in [0.25, 0.3) is 39.6 Å². The van der Waals surface area contributed by atoms with Gasteiger partial charge in [-0.1, -0.05) is 98.7 Å². The fourth-order valence-electron chi connectivity index (χ4n) is 6.33. The summed E-state index contributed by atoms with van der Waals surface area (Å²) in [6, 6.07) is 24.2. The van der Waals surface area contributed by atoms with Crippen LogP contribution < -0.4 is 0 Å². The summed E-state index contributed by atoms with van der Waals surface area (Å²) in [6.07, 6.45) is 2.81. The topological polar surface area (TPSA) is 48.2 Å².